The summed E-state index contributed by atoms with van der Waals surface area (Å²) in [4.78, 5) is 26.0. The second kappa shape index (κ2) is 14.6. The summed E-state index contributed by atoms with van der Waals surface area (Å²) in [6.45, 7) is 6.97. The Labute approximate surface area is 248 Å². The maximum absolute atomic E-state index is 11.7. The molecule has 3 heterocycles. The molecule has 6 rings (SSSR count). The highest BCUT2D eigenvalue weighted by molar-refractivity contribution is 5.88. The van der Waals surface area contributed by atoms with E-state index < -0.39 is 0 Å². The van der Waals surface area contributed by atoms with Crippen LogP contribution in [0.3, 0.4) is 0 Å². The zero-order chi connectivity index (χ0) is 29.1. The molecule has 2 N–H and O–H groups in total. The fraction of sp³-hybridized carbons (Fsp3) is 0.286. The fourth-order valence-corrected chi connectivity index (χ4v) is 5.59. The molecule has 4 aromatic rings. The van der Waals surface area contributed by atoms with Crippen molar-refractivity contribution < 1.29 is 9.90 Å². The molecule has 2 aliphatic heterocycles. The molecule has 1 saturated heterocycles. The van der Waals surface area contributed by atoms with Gasteiger partial charge < -0.3 is 15.3 Å². The maximum Gasteiger partial charge on any atom is 0.159 e. The van der Waals surface area contributed by atoms with Gasteiger partial charge in [0.15, 0.2) is 12.1 Å². The van der Waals surface area contributed by atoms with E-state index in [1.165, 1.54) is 11.1 Å². The number of aliphatic hydroxyl groups is 1. The van der Waals surface area contributed by atoms with Crippen molar-refractivity contribution in [3.05, 3.63) is 108 Å². The van der Waals surface area contributed by atoms with Gasteiger partial charge >= 0.3 is 0 Å². The minimum absolute atomic E-state index is 0.730. The first-order valence-corrected chi connectivity index (χ1v) is 14.6. The second-order valence-corrected chi connectivity index (χ2v) is 10.5. The molecule has 2 aliphatic rings. The van der Waals surface area contributed by atoms with E-state index in [9.17, 15) is 4.79 Å². The van der Waals surface area contributed by atoms with Crippen LogP contribution in [0.1, 0.15) is 27.9 Å². The van der Waals surface area contributed by atoms with Crippen LogP contribution in [0.4, 0.5) is 5.69 Å². The van der Waals surface area contributed by atoms with Gasteiger partial charge in [-0.2, -0.15) is 0 Å². The number of carbonyl (C=O) groups is 1. The van der Waals surface area contributed by atoms with Crippen LogP contribution >= 0.6 is 0 Å². The molecule has 7 heteroatoms. The Kier molecular flexibility index (Phi) is 10.2. The number of rotatable bonds is 8. The first kappa shape index (κ1) is 29.3. The van der Waals surface area contributed by atoms with Gasteiger partial charge in [-0.3, -0.25) is 9.69 Å². The molecule has 0 radical (unpaired) electrons. The van der Waals surface area contributed by atoms with Crippen molar-refractivity contribution in [3.8, 4) is 22.5 Å². The number of anilines is 1. The van der Waals surface area contributed by atoms with Crippen LogP contribution in [0, 0.1) is 0 Å². The fourth-order valence-electron chi connectivity index (χ4n) is 5.59. The van der Waals surface area contributed by atoms with Gasteiger partial charge in [0, 0.05) is 57.5 Å². The molecule has 216 valence electrons. The van der Waals surface area contributed by atoms with E-state index in [2.05, 4.69) is 81.9 Å². The molecule has 3 aromatic carbocycles. The first-order valence-electron chi connectivity index (χ1n) is 14.6. The van der Waals surface area contributed by atoms with E-state index in [1.54, 1.807) is 0 Å². The van der Waals surface area contributed by atoms with Crippen LogP contribution in [0.15, 0.2) is 91.3 Å². The predicted molar refractivity (Wildman–Crippen MR) is 171 cm³/mol. The van der Waals surface area contributed by atoms with Gasteiger partial charge in [0.2, 0.25) is 0 Å². The summed E-state index contributed by atoms with van der Waals surface area (Å²) in [7, 11) is 1.00. The summed E-state index contributed by atoms with van der Waals surface area (Å²) in [6, 6.07) is 25.2. The third-order valence-electron chi connectivity index (χ3n) is 8.00. The largest absolute Gasteiger partial charge is 0.400 e. The van der Waals surface area contributed by atoms with Crippen LogP contribution in [0.25, 0.3) is 28.1 Å². The molecule has 0 atom stereocenters. The van der Waals surface area contributed by atoms with Crippen molar-refractivity contribution in [3.63, 3.8) is 0 Å². The zero-order valence-electron chi connectivity index (χ0n) is 24.2. The van der Waals surface area contributed by atoms with Crippen LogP contribution in [0.5, 0.6) is 0 Å². The molecule has 7 nitrogen and oxygen atoms in total. The summed E-state index contributed by atoms with van der Waals surface area (Å²) >= 11 is 0. The highest BCUT2D eigenvalue weighted by Crippen LogP contribution is 2.30. The lowest BCUT2D eigenvalue weighted by molar-refractivity contribution is 0.112. The van der Waals surface area contributed by atoms with Gasteiger partial charge in [-0.1, -0.05) is 72.8 Å². The van der Waals surface area contributed by atoms with Crippen molar-refractivity contribution in [2.45, 2.75) is 12.8 Å². The quantitative estimate of drug-likeness (QED) is 0.294. The molecule has 0 aliphatic carbocycles. The first-order chi connectivity index (χ1) is 20.8. The molecular weight excluding hydrogens is 522 g/mol. The maximum atomic E-state index is 11.7. The van der Waals surface area contributed by atoms with Gasteiger partial charge in [-0.15, -0.1) is 0 Å². The monoisotopic (exact) mass is 561 g/mol. The highest BCUT2D eigenvalue weighted by Gasteiger charge is 2.18. The van der Waals surface area contributed by atoms with Crippen molar-refractivity contribution in [2.24, 2.45) is 0 Å². The summed E-state index contributed by atoms with van der Waals surface area (Å²) < 4.78 is 0. The number of hydrogen-bond acceptors (Lipinski definition) is 7. The number of nitrogens with one attached hydrogen (secondary N) is 1. The Balaban J connectivity index is 0.00000173. The van der Waals surface area contributed by atoms with Gasteiger partial charge in [0.05, 0.1) is 18.1 Å². The number of aliphatic hydroxyl groups excluding tert-OH is 1. The Hall–Kier alpha value is -4.17. The molecule has 0 bridgehead atoms. The second-order valence-electron chi connectivity index (χ2n) is 10.5. The van der Waals surface area contributed by atoms with E-state index >= 15 is 0 Å². The molecule has 1 aromatic heterocycles. The normalized spacial score (nSPS) is 15.4. The third kappa shape index (κ3) is 7.18. The number of hydrogen-bond donors (Lipinski definition) is 2. The summed E-state index contributed by atoms with van der Waals surface area (Å²) in [6.07, 6.45) is 9.07. The Morgan fingerprint density at radius 3 is 2.21 bits per heavy atom. The molecule has 0 unspecified atom stereocenters. The van der Waals surface area contributed by atoms with Crippen molar-refractivity contribution in [1.29, 1.82) is 0 Å². The number of benzene rings is 3. The van der Waals surface area contributed by atoms with Crippen LogP contribution in [-0.2, 0) is 6.42 Å². The van der Waals surface area contributed by atoms with Gasteiger partial charge in [0.25, 0.3) is 0 Å². The van der Waals surface area contributed by atoms with Crippen molar-refractivity contribution in [2.75, 3.05) is 57.8 Å². The number of carbonyl (C=O) groups excluding carboxylic acids is 1. The minimum atomic E-state index is 0.730. The smallest absolute Gasteiger partial charge is 0.159 e. The van der Waals surface area contributed by atoms with Crippen molar-refractivity contribution >= 4 is 17.5 Å². The van der Waals surface area contributed by atoms with E-state index in [-0.39, 0.29) is 0 Å². The molecule has 0 saturated carbocycles. The van der Waals surface area contributed by atoms with Gasteiger partial charge in [-0.25, -0.2) is 9.97 Å². The molecule has 0 spiro atoms. The zero-order valence-corrected chi connectivity index (χ0v) is 24.2. The standard InChI is InChI=1S/C34H35N5O.CH4O/c40-25-31-11-10-30(22-33(31)28-12-15-35-16-13-28)27-6-8-29(9-7-27)34-36-23-32(24-37-34)39-20-18-38(19-21-39)17-14-26-4-2-1-3-5-26;1-2/h1-12,22-25,35H,13-21H2;2H,1H3. The number of piperazine rings is 1. The molecular formula is C35H39N5O2. The van der Waals surface area contributed by atoms with Gasteiger partial charge in [0.1, 0.15) is 0 Å². The van der Waals surface area contributed by atoms with E-state index in [1.807, 2.05) is 24.5 Å². The van der Waals surface area contributed by atoms with E-state index in [0.29, 0.717) is 0 Å². The predicted octanol–water partition coefficient (Wildman–Crippen LogP) is 4.97. The Morgan fingerprint density at radius 2 is 1.55 bits per heavy atom. The van der Waals surface area contributed by atoms with Crippen LogP contribution in [0.2, 0.25) is 0 Å². The minimum Gasteiger partial charge on any atom is -0.400 e. The van der Waals surface area contributed by atoms with E-state index in [0.717, 1.165) is 111 Å². The van der Waals surface area contributed by atoms with Crippen molar-refractivity contribution in [1.82, 2.24) is 20.2 Å². The lowest BCUT2D eigenvalue weighted by Gasteiger charge is -2.35. The molecule has 1 fully saturated rings. The number of aromatic nitrogens is 2. The van der Waals surface area contributed by atoms with E-state index in [4.69, 9.17) is 15.1 Å². The lowest BCUT2D eigenvalue weighted by atomic mass is 9.92. The van der Waals surface area contributed by atoms with Gasteiger partial charge in [-0.05, 0) is 53.3 Å². The topological polar surface area (TPSA) is 81.6 Å². The molecule has 42 heavy (non-hydrogen) atoms. The lowest BCUT2D eigenvalue weighted by Crippen LogP contribution is -2.47. The summed E-state index contributed by atoms with van der Waals surface area (Å²) in [5.41, 5.74) is 8.71. The Bertz CT molecular complexity index is 1460. The SMILES string of the molecule is CO.O=Cc1ccc(-c2ccc(-c3ncc(N4CCN(CCc5ccccc5)CC4)cn3)cc2)cc1C1=CCNCC1. The average molecular weight is 562 g/mol. The Morgan fingerprint density at radius 1 is 0.857 bits per heavy atom. The van der Waals surface area contributed by atoms with Crippen LogP contribution < -0.4 is 10.2 Å². The highest BCUT2D eigenvalue weighted by atomic mass is 16.2. The molecule has 0 amide bonds. The summed E-state index contributed by atoms with van der Waals surface area (Å²) in [5, 5.41) is 10.3. The third-order valence-corrected chi connectivity index (χ3v) is 8.00. The average Bonchev–Trinajstić information content (AvgIpc) is 3.09. The summed E-state index contributed by atoms with van der Waals surface area (Å²) in [5.74, 6) is 0.730. The number of nitrogens with zero attached hydrogens (tertiary/aromatic N) is 4. The van der Waals surface area contributed by atoms with Crippen LogP contribution in [-0.4, -0.2) is 79.2 Å². The number of aldehydes is 1.